The lowest BCUT2D eigenvalue weighted by atomic mass is 9.93. The zero-order valence-electron chi connectivity index (χ0n) is 14.6. The average Bonchev–Trinajstić information content (AvgIpc) is 3.04. The van der Waals surface area contributed by atoms with E-state index in [4.69, 9.17) is 0 Å². The van der Waals surface area contributed by atoms with Crippen LogP contribution in [0, 0.1) is 6.92 Å². The van der Waals surface area contributed by atoms with Crippen molar-refractivity contribution < 1.29 is 0 Å². The lowest BCUT2D eigenvalue weighted by molar-refractivity contribution is 0.542. The molecule has 1 unspecified atom stereocenters. The molecular formula is C23H24N2. The largest absolute Gasteiger partial charge is 0.359 e. The van der Waals surface area contributed by atoms with Gasteiger partial charge in [0.05, 0.1) is 0 Å². The van der Waals surface area contributed by atoms with Crippen molar-refractivity contribution in [1.29, 1.82) is 0 Å². The molecule has 0 amide bonds. The van der Waals surface area contributed by atoms with Crippen LogP contribution in [0.5, 0.6) is 0 Å². The molecule has 1 aromatic heterocycles. The van der Waals surface area contributed by atoms with Crippen LogP contribution in [0.25, 0.3) is 22.6 Å². The van der Waals surface area contributed by atoms with Crippen molar-refractivity contribution in [1.82, 2.24) is 10.3 Å². The molecule has 0 spiro atoms. The average molecular weight is 328 g/mol. The van der Waals surface area contributed by atoms with E-state index in [1.807, 2.05) is 0 Å². The van der Waals surface area contributed by atoms with Gasteiger partial charge < -0.3 is 10.3 Å². The van der Waals surface area contributed by atoms with Crippen molar-refractivity contribution in [3.05, 3.63) is 83.6 Å². The Bertz CT molecular complexity index is 916. The van der Waals surface area contributed by atoms with E-state index < -0.39 is 0 Å². The second-order valence-electron chi connectivity index (χ2n) is 6.80. The highest BCUT2D eigenvalue weighted by molar-refractivity contribution is 5.89. The number of hydrogen-bond acceptors (Lipinski definition) is 1. The highest BCUT2D eigenvalue weighted by Crippen LogP contribution is 2.25. The Kier molecular flexibility index (Phi) is 4.53. The Morgan fingerprint density at radius 3 is 2.84 bits per heavy atom. The predicted octanol–water partition coefficient (Wildman–Crippen LogP) is 5.33. The minimum Gasteiger partial charge on any atom is -0.359 e. The molecular weight excluding hydrogens is 304 g/mol. The van der Waals surface area contributed by atoms with Gasteiger partial charge in [0.25, 0.3) is 0 Å². The molecule has 2 nitrogen and oxygen atoms in total. The molecule has 25 heavy (non-hydrogen) atoms. The predicted molar refractivity (Wildman–Crippen MR) is 108 cm³/mol. The first-order valence-electron chi connectivity index (χ1n) is 9.02. The van der Waals surface area contributed by atoms with Crippen LogP contribution < -0.4 is 5.32 Å². The highest BCUT2D eigenvalue weighted by Gasteiger charge is 2.14. The molecule has 0 fully saturated rings. The minimum absolute atomic E-state index is 0.503. The highest BCUT2D eigenvalue weighted by atomic mass is 14.9. The molecule has 2 heteroatoms. The van der Waals surface area contributed by atoms with Crippen LogP contribution in [-0.4, -0.2) is 17.6 Å². The number of rotatable bonds is 4. The van der Waals surface area contributed by atoms with Gasteiger partial charge in [0.1, 0.15) is 0 Å². The summed E-state index contributed by atoms with van der Waals surface area (Å²) in [6, 6.07) is 19.9. The molecule has 126 valence electrons. The Balaban J connectivity index is 1.44. The second kappa shape index (κ2) is 7.12. The fourth-order valence-electron chi connectivity index (χ4n) is 3.65. The number of nitrogens with one attached hydrogen (secondary N) is 2. The number of benzene rings is 2. The monoisotopic (exact) mass is 328 g/mol. The summed E-state index contributed by atoms with van der Waals surface area (Å²) >= 11 is 0. The summed E-state index contributed by atoms with van der Waals surface area (Å²) in [7, 11) is 0. The van der Waals surface area contributed by atoms with E-state index in [1.165, 1.54) is 33.3 Å². The number of fused-ring (bicyclic) bond motifs is 1. The maximum absolute atomic E-state index is 3.61. The first kappa shape index (κ1) is 15.9. The molecule has 1 aliphatic rings. The van der Waals surface area contributed by atoms with Crippen molar-refractivity contribution in [2.75, 3.05) is 6.54 Å². The minimum atomic E-state index is 0.503. The molecule has 1 atom stereocenters. The van der Waals surface area contributed by atoms with Crippen molar-refractivity contribution >= 4 is 22.6 Å². The summed E-state index contributed by atoms with van der Waals surface area (Å²) in [4.78, 5) is 3.41. The summed E-state index contributed by atoms with van der Waals surface area (Å²) in [6.45, 7) is 3.06. The van der Waals surface area contributed by atoms with Crippen LogP contribution in [0.1, 0.15) is 29.7 Å². The molecule has 0 saturated carbocycles. The Labute approximate surface area is 149 Å². The Morgan fingerprint density at radius 1 is 1.08 bits per heavy atom. The van der Waals surface area contributed by atoms with Crippen LogP contribution in [-0.2, 0) is 0 Å². The summed E-state index contributed by atoms with van der Waals surface area (Å²) in [6.07, 6.45) is 9.02. The lowest BCUT2D eigenvalue weighted by Gasteiger charge is -2.23. The van der Waals surface area contributed by atoms with Crippen LogP contribution in [0.2, 0.25) is 0 Å². The SMILES string of the molecule is Cc1cc2c(C=CCC3CC(c4ccccc4)=CCN3)cccc2[nH]1. The van der Waals surface area contributed by atoms with E-state index in [0.29, 0.717) is 6.04 Å². The van der Waals surface area contributed by atoms with Gasteiger partial charge in [-0.1, -0.05) is 60.7 Å². The van der Waals surface area contributed by atoms with Gasteiger partial charge in [-0.2, -0.15) is 0 Å². The number of aromatic nitrogens is 1. The summed E-state index contributed by atoms with van der Waals surface area (Å²) < 4.78 is 0. The van der Waals surface area contributed by atoms with Gasteiger partial charge in [0.2, 0.25) is 0 Å². The number of aromatic amines is 1. The van der Waals surface area contributed by atoms with Gasteiger partial charge in [0, 0.05) is 29.2 Å². The molecule has 1 aliphatic heterocycles. The van der Waals surface area contributed by atoms with Crippen molar-refractivity contribution in [3.63, 3.8) is 0 Å². The van der Waals surface area contributed by atoms with Gasteiger partial charge >= 0.3 is 0 Å². The molecule has 0 radical (unpaired) electrons. The third-order valence-corrected chi connectivity index (χ3v) is 4.92. The summed E-state index contributed by atoms with van der Waals surface area (Å²) in [5.41, 5.74) is 6.52. The molecule has 0 saturated heterocycles. The van der Waals surface area contributed by atoms with Gasteiger partial charge in [-0.3, -0.25) is 0 Å². The third kappa shape index (κ3) is 3.59. The number of hydrogen-bond donors (Lipinski definition) is 2. The first-order chi connectivity index (χ1) is 12.3. The quantitative estimate of drug-likeness (QED) is 0.666. The second-order valence-corrected chi connectivity index (χ2v) is 6.80. The zero-order valence-corrected chi connectivity index (χ0v) is 14.6. The molecule has 2 aromatic carbocycles. The van der Waals surface area contributed by atoms with E-state index in [-0.39, 0.29) is 0 Å². The molecule has 2 heterocycles. The van der Waals surface area contributed by atoms with Crippen LogP contribution >= 0.6 is 0 Å². The number of aryl methyl sites for hydroxylation is 1. The fraction of sp³-hybridized carbons (Fsp3) is 0.217. The topological polar surface area (TPSA) is 27.8 Å². The number of H-pyrrole nitrogens is 1. The molecule has 2 N–H and O–H groups in total. The van der Waals surface area contributed by atoms with Crippen LogP contribution in [0.3, 0.4) is 0 Å². The van der Waals surface area contributed by atoms with E-state index in [2.05, 4.69) is 90.0 Å². The van der Waals surface area contributed by atoms with Gasteiger partial charge in [-0.25, -0.2) is 0 Å². The van der Waals surface area contributed by atoms with Gasteiger partial charge in [0.15, 0.2) is 0 Å². The standard InChI is InChI=1S/C23H24N2/c1-17-15-22-19(10-6-12-23(22)25-17)9-5-11-21-16-20(13-14-24-21)18-7-3-2-4-8-18/h2-10,12-13,15,21,24-25H,11,14,16H2,1H3. The van der Waals surface area contributed by atoms with Gasteiger partial charge in [-0.05, 0) is 48.6 Å². The molecule has 3 aromatic rings. The fourth-order valence-corrected chi connectivity index (χ4v) is 3.65. The third-order valence-electron chi connectivity index (χ3n) is 4.92. The van der Waals surface area contributed by atoms with E-state index in [1.54, 1.807) is 0 Å². The summed E-state index contributed by atoms with van der Waals surface area (Å²) in [5.74, 6) is 0. The van der Waals surface area contributed by atoms with E-state index in [0.717, 1.165) is 19.4 Å². The molecule has 4 rings (SSSR count). The normalized spacial score (nSPS) is 18.0. The van der Waals surface area contributed by atoms with Crippen LogP contribution in [0.15, 0.2) is 66.7 Å². The molecule has 0 bridgehead atoms. The maximum atomic E-state index is 3.61. The van der Waals surface area contributed by atoms with Crippen molar-refractivity contribution in [2.45, 2.75) is 25.8 Å². The van der Waals surface area contributed by atoms with E-state index >= 15 is 0 Å². The van der Waals surface area contributed by atoms with Crippen molar-refractivity contribution in [3.8, 4) is 0 Å². The Morgan fingerprint density at radius 2 is 1.96 bits per heavy atom. The first-order valence-corrected chi connectivity index (χ1v) is 9.02. The Hall–Kier alpha value is -2.58. The smallest absolute Gasteiger partial charge is 0.0462 e. The van der Waals surface area contributed by atoms with Crippen molar-refractivity contribution in [2.24, 2.45) is 0 Å². The summed E-state index contributed by atoms with van der Waals surface area (Å²) in [5, 5.41) is 4.92. The maximum Gasteiger partial charge on any atom is 0.0462 e. The van der Waals surface area contributed by atoms with E-state index in [9.17, 15) is 0 Å². The lowest BCUT2D eigenvalue weighted by Crippen LogP contribution is -2.32. The zero-order chi connectivity index (χ0) is 17.1. The van der Waals surface area contributed by atoms with Crippen LogP contribution in [0.4, 0.5) is 0 Å². The molecule has 0 aliphatic carbocycles. The van der Waals surface area contributed by atoms with Gasteiger partial charge in [-0.15, -0.1) is 0 Å².